The van der Waals surface area contributed by atoms with Crippen molar-refractivity contribution >= 4 is 0 Å². The van der Waals surface area contributed by atoms with Crippen molar-refractivity contribution in [1.82, 2.24) is 0 Å². The Balaban J connectivity index is 0.000000980. The van der Waals surface area contributed by atoms with Crippen molar-refractivity contribution in [2.45, 2.75) is 26.7 Å². The second-order valence-corrected chi connectivity index (χ2v) is 5.94. The Bertz CT molecular complexity index is 315. The summed E-state index contributed by atoms with van der Waals surface area (Å²) in [5, 5.41) is 0. The molecular formula is C12H16F2Ti. The average Bonchev–Trinajstić information content (AvgIpc) is 2.65. The van der Waals surface area contributed by atoms with Gasteiger partial charge in [-0.2, -0.15) is 0 Å². The monoisotopic (exact) mass is 246 g/mol. The van der Waals surface area contributed by atoms with E-state index in [0.29, 0.717) is 0 Å². The molecular weight excluding hydrogens is 230 g/mol. The number of allylic oxidation sites excluding steroid dienone is 8. The Morgan fingerprint density at radius 2 is 1.27 bits per heavy atom. The first kappa shape index (κ1) is 14.5. The molecule has 0 bridgehead atoms. The molecule has 0 aliphatic heterocycles. The number of hydrogen-bond acceptors (Lipinski definition) is 0. The molecule has 0 saturated carbocycles. The first-order valence-electron chi connectivity index (χ1n) is 4.77. The third kappa shape index (κ3) is 3.25. The van der Waals surface area contributed by atoms with Crippen molar-refractivity contribution < 1.29 is 28.6 Å². The van der Waals surface area contributed by atoms with E-state index < -0.39 is 0 Å². The van der Waals surface area contributed by atoms with Crippen LogP contribution in [0.1, 0.15) is 26.7 Å². The third-order valence-corrected chi connectivity index (χ3v) is 5.44. The van der Waals surface area contributed by atoms with Gasteiger partial charge in [-0.1, -0.05) is 0 Å². The third-order valence-electron chi connectivity index (χ3n) is 2.63. The Hall–Kier alpha value is -0.466. The van der Waals surface area contributed by atoms with Gasteiger partial charge in [-0.25, -0.2) is 0 Å². The van der Waals surface area contributed by atoms with Crippen LogP contribution in [0.4, 0.5) is 9.41 Å². The molecule has 2 rings (SSSR count). The van der Waals surface area contributed by atoms with E-state index >= 15 is 0 Å². The van der Waals surface area contributed by atoms with Gasteiger partial charge in [0.1, 0.15) is 0 Å². The fourth-order valence-corrected chi connectivity index (χ4v) is 3.84. The summed E-state index contributed by atoms with van der Waals surface area (Å²) < 4.78 is 3.47. The van der Waals surface area contributed by atoms with Crippen LogP contribution in [0.15, 0.2) is 43.2 Å². The Morgan fingerprint density at radius 3 is 1.53 bits per heavy atom. The second kappa shape index (κ2) is 6.19. The Morgan fingerprint density at radius 1 is 0.867 bits per heavy atom. The Labute approximate surface area is 98.5 Å². The minimum atomic E-state index is 0. The van der Waals surface area contributed by atoms with Gasteiger partial charge in [0, 0.05) is 0 Å². The number of rotatable bonds is 2. The molecule has 0 N–H and O–H groups in total. The second-order valence-electron chi connectivity index (χ2n) is 3.66. The van der Waals surface area contributed by atoms with Crippen LogP contribution in [0.2, 0.25) is 0 Å². The van der Waals surface area contributed by atoms with Gasteiger partial charge in [-0.15, -0.1) is 0 Å². The van der Waals surface area contributed by atoms with Crippen LogP contribution in [-0.2, 0) is 19.2 Å². The van der Waals surface area contributed by atoms with Crippen LogP contribution in [0.25, 0.3) is 0 Å². The molecule has 0 radical (unpaired) electrons. The molecule has 0 spiro atoms. The van der Waals surface area contributed by atoms with E-state index in [-0.39, 0.29) is 28.6 Å². The van der Waals surface area contributed by atoms with Gasteiger partial charge in [0.25, 0.3) is 0 Å². The topological polar surface area (TPSA) is 0 Å². The molecule has 0 nitrogen and oxygen atoms in total. The maximum atomic E-state index is 2.30. The van der Waals surface area contributed by atoms with Gasteiger partial charge in [0.05, 0.1) is 0 Å². The largest absolute Gasteiger partial charge is 0.269 e. The van der Waals surface area contributed by atoms with Gasteiger partial charge in [0.15, 0.2) is 0 Å². The van der Waals surface area contributed by atoms with E-state index in [2.05, 4.69) is 38.2 Å². The summed E-state index contributed by atoms with van der Waals surface area (Å²) in [6, 6.07) is 0. The molecule has 0 saturated heterocycles. The number of halogens is 2. The molecule has 82 valence electrons. The van der Waals surface area contributed by atoms with E-state index in [1.165, 1.54) is 24.0 Å². The summed E-state index contributed by atoms with van der Waals surface area (Å²) in [4.78, 5) is 0. The van der Waals surface area contributed by atoms with E-state index in [9.17, 15) is 0 Å². The summed E-state index contributed by atoms with van der Waals surface area (Å²) in [7, 11) is 0. The molecule has 3 heteroatoms. The molecule has 0 atom stereocenters. The molecule has 2 aliphatic rings. The summed E-state index contributed by atoms with van der Waals surface area (Å²) in [5.74, 6) is 0. The zero-order valence-corrected chi connectivity index (χ0v) is 10.6. The first-order valence-corrected chi connectivity index (χ1v) is 6.33. The molecule has 15 heavy (non-hydrogen) atoms. The number of hydrogen-bond donors (Lipinski definition) is 0. The summed E-state index contributed by atoms with van der Waals surface area (Å²) in [6.45, 7) is 4.50. The van der Waals surface area contributed by atoms with Gasteiger partial charge in [-0.3, -0.25) is 9.41 Å². The minimum absolute atomic E-state index is 0. The Kier molecular flexibility index (Phi) is 6.00. The van der Waals surface area contributed by atoms with Crippen molar-refractivity contribution in [1.29, 1.82) is 0 Å². The zero-order chi connectivity index (χ0) is 9.26. The van der Waals surface area contributed by atoms with E-state index in [4.69, 9.17) is 0 Å². The van der Waals surface area contributed by atoms with Crippen molar-refractivity contribution in [3.63, 3.8) is 0 Å². The van der Waals surface area contributed by atoms with E-state index in [0.717, 1.165) is 0 Å². The molecule has 0 aromatic heterocycles. The predicted molar refractivity (Wildman–Crippen MR) is 57.9 cm³/mol. The van der Waals surface area contributed by atoms with Crippen LogP contribution in [-0.4, -0.2) is 0 Å². The molecule has 2 aliphatic carbocycles. The van der Waals surface area contributed by atoms with Crippen LogP contribution in [0.5, 0.6) is 0 Å². The SMILES string of the molecule is CC1=[C]([Ti][C]2=C(C)C=CC2)CC=C1.F.F. The first-order chi connectivity index (χ1) is 6.27. The van der Waals surface area contributed by atoms with Gasteiger partial charge in [-0.05, 0) is 0 Å². The van der Waals surface area contributed by atoms with Crippen molar-refractivity contribution in [2.24, 2.45) is 0 Å². The maximum absolute atomic E-state index is 2.30. The van der Waals surface area contributed by atoms with Gasteiger partial charge >= 0.3 is 89.0 Å². The summed E-state index contributed by atoms with van der Waals surface area (Å²) in [6.07, 6.45) is 11.6. The maximum Gasteiger partial charge on any atom is -0.269 e. The normalized spacial score (nSPS) is 18.0. The fraction of sp³-hybridized carbons (Fsp3) is 0.333. The molecule has 0 heterocycles. The fourth-order valence-electron chi connectivity index (χ4n) is 1.71. The minimum Gasteiger partial charge on any atom is -0.269 e. The van der Waals surface area contributed by atoms with Crippen LogP contribution < -0.4 is 0 Å². The van der Waals surface area contributed by atoms with Crippen LogP contribution >= 0.6 is 0 Å². The predicted octanol–water partition coefficient (Wildman–Crippen LogP) is 3.84. The van der Waals surface area contributed by atoms with Crippen LogP contribution in [0.3, 0.4) is 0 Å². The van der Waals surface area contributed by atoms with E-state index in [1.807, 2.05) is 0 Å². The molecule has 0 aromatic rings. The quantitative estimate of drug-likeness (QED) is 0.649. The van der Waals surface area contributed by atoms with Crippen LogP contribution in [0, 0.1) is 0 Å². The van der Waals surface area contributed by atoms with Crippen molar-refractivity contribution in [3.8, 4) is 0 Å². The molecule has 0 amide bonds. The standard InChI is InChI=1S/2C6H7.2FH.Ti/c2*1-6-4-2-3-5-6;;;/h2*2,4H,3H2,1H3;2*1H;. The molecule has 0 fully saturated rings. The summed E-state index contributed by atoms with van der Waals surface area (Å²) in [5.41, 5.74) is 3.07. The van der Waals surface area contributed by atoms with Crippen molar-refractivity contribution in [2.75, 3.05) is 0 Å². The van der Waals surface area contributed by atoms with Gasteiger partial charge in [0.2, 0.25) is 0 Å². The molecule has 0 aromatic carbocycles. The van der Waals surface area contributed by atoms with E-state index in [1.54, 1.807) is 7.76 Å². The summed E-state index contributed by atoms with van der Waals surface area (Å²) >= 11 is 0.0324. The zero-order valence-electron chi connectivity index (χ0n) is 9.04. The van der Waals surface area contributed by atoms with Crippen molar-refractivity contribution in [3.05, 3.63) is 43.2 Å². The smallest absolute Gasteiger partial charge is 0.269 e. The molecule has 0 unspecified atom stereocenters. The van der Waals surface area contributed by atoms with Gasteiger partial charge < -0.3 is 0 Å². The average molecular weight is 246 g/mol.